The highest BCUT2D eigenvalue weighted by Gasteiger charge is 2.58. The molecule has 8 heteroatoms. The van der Waals surface area contributed by atoms with Gasteiger partial charge >= 0.3 is 11.9 Å². The molecule has 0 unspecified atom stereocenters. The first-order valence-corrected chi connectivity index (χ1v) is 19.8. The molecule has 0 N–H and O–H groups in total. The Labute approximate surface area is 282 Å². The molecule has 258 valence electrons. The number of unbranched alkanes of at least 4 members (excludes halogenated alkanes) is 8. The zero-order chi connectivity index (χ0) is 33.4. The first-order valence-electron chi connectivity index (χ1n) is 18.0. The Hall–Kier alpha value is -2.71. The predicted octanol–water partition coefficient (Wildman–Crippen LogP) is 8.80. The lowest BCUT2D eigenvalue weighted by molar-refractivity contribution is -0.155. The summed E-state index contributed by atoms with van der Waals surface area (Å²) in [4.78, 5) is 24.8. The number of benzene rings is 2. The van der Waals surface area contributed by atoms with Crippen LogP contribution in [0.5, 0.6) is 5.75 Å². The summed E-state index contributed by atoms with van der Waals surface area (Å²) >= 11 is 0. The van der Waals surface area contributed by atoms with Gasteiger partial charge < -0.3 is 9.47 Å². The molecule has 5 rings (SSSR count). The van der Waals surface area contributed by atoms with E-state index in [9.17, 15) is 18.0 Å². The van der Waals surface area contributed by atoms with Gasteiger partial charge in [0.25, 0.3) is 10.1 Å². The Kier molecular flexibility index (Phi) is 12.2. The molecule has 2 aromatic rings. The van der Waals surface area contributed by atoms with Crippen LogP contribution in [0.1, 0.15) is 131 Å². The molecule has 0 aliphatic heterocycles. The fourth-order valence-corrected chi connectivity index (χ4v) is 9.58. The minimum Gasteiger partial charge on any atom is -0.462 e. The number of rotatable bonds is 16. The van der Waals surface area contributed by atoms with Gasteiger partial charge in [-0.15, -0.1) is 0 Å². The summed E-state index contributed by atoms with van der Waals surface area (Å²) in [5.74, 6) is 2.29. The molecule has 0 saturated heterocycles. The van der Waals surface area contributed by atoms with Crippen molar-refractivity contribution in [2.45, 2.75) is 122 Å². The third kappa shape index (κ3) is 9.26. The summed E-state index contributed by atoms with van der Waals surface area (Å²) in [6.07, 6.45) is 17.8. The van der Waals surface area contributed by atoms with Gasteiger partial charge in [0, 0.05) is 12.3 Å². The van der Waals surface area contributed by atoms with E-state index in [1.165, 1.54) is 56.1 Å². The summed E-state index contributed by atoms with van der Waals surface area (Å²) < 4.78 is 38.7. The second-order valence-electron chi connectivity index (χ2n) is 14.6. The molecular weight excluding hydrogens is 612 g/mol. The maximum Gasteiger partial charge on any atom is 0.343 e. The lowest BCUT2D eigenvalue weighted by Crippen LogP contribution is -2.48. The van der Waals surface area contributed by atoms with E-state index in [1.807, 2.05) is 24.3 Å². The number of carbonyl (C=O) groups excluding carboxylic acids is 2. The van der Waals surface area contributed by atoms with Crippen LogP contribution in [0.25, 0.3) is 0 Å². The van der Waals surface area contributed by atoms with Crippen molar-refractivity contribution in [3.8, 4) is 5.75 Å². The summed E-state index contributed by atoms with van der Waals surface area (Å²) in [6.45, 7) is 4.21. The summed E-state index contributed by atoms with van der Waals surface area (Å²) in [5, 5.41) is 0. The molecule has 2 aromatic carbocycles. The van der Waals surface area contributed by atoms with Crippen molar-refractivity contribution in [2.24, 2.45) is 23.2 Å². The van der Waals surface area contributed by atoms with Crippen LogP contribution < -0.4 is 4.74 Å². The van der Waals surface area contributed by atoms with E-state index in [1.54, 1.807) is 19.1 Å². The smallest absolute Gasteiger partial charge is 0.343 e. The van der Waals surface area contributed by atoms with Gasteiger partial charge in [0.1, 0.15) is 11.9 Å². The second kappa shape index (κ2) is 16.1. The minimum absolute atomic E-state index is 0.0139. The molecule has 6 atom stereocenters. The molecule has 2 fully saturated rings. The maximum absolute atomic E-state index is 12.8. The Morgan fingerprint density at radius 2 is 1.55 bits per heavy atom. The molecule has 47 heavy (non-hydrogen) atoms. The van der Waals surface area contributed by atoms with Gasteiger partial charge in [-0.05, 0) is 104 Å². The highest BCUT2D eigenvalue weighted by atomic mass is 32.2. The molecule has 2 saturated carbocycles. The topological polar surface area (TPSA) is 96.0 Å². The van der Waals surface area contributed by atoms with Crippen LogP contribution in [0.4, 0.5) is 0 Å². The third-order valence-corrected chi connectivity index (χ3v) is 11.9. The monoisotopic (exact) mass is 666 g/mol. The zero-order valence-electron chi connectivity index (χ0n) is 28.6. The number of hydrogen-bond acceptors (Lipinski definition) is 7. The van der Waals surface area contributed by atoms with Gasteiger partial charge in [0.05, 0.1) is 18.4 Å². The molecule has 0 amide bonds. The van der Waals surface area contributed by atoms with E-state index >= 15 is 0 Å². The number of fused-ring (bicyclic) bond motifs is 5. The SMILES string of the molecule is CC(=O)O[C@H]1CC[C@H]2[C@@H]3[C@H](CCCCCCCCCCCOS(C)(=O)=O)Cc4cc(OC(=O)c5ccccc5)ccc4[C@H]3CC[C@]12C. The van der Waals surface area contributed by atoms with Gasteiger partial charge in [-0.25, -0.2) is 4.79 Å². The normalized spacial score (nSPS) is 26.6. The average Bonchev–Trinajstić information content (AvgIpc) is 3.36. The molecule has 3 aliphatic rings. The fourth-order valence-electron chi connectivity index (χ4n) is 9.15. The molecule has 0 spiro atoms. The van der Waals surface area contributed by atoms with Crippen molar-refractivity contribution in [3.63, 3.8) is 0 Å². The van der Waals surface area contributed by atoms with Crippen LogP contribution >= 0.6 is 0 Å². The lowest BCUT2D eigenvalue weighted by Gasteiger charge is -2.53. The Bertz CT molecular complexity index is 1450. The molecule has 0 aromatic heterocycles. The van der Waals surface area contributed by atoms with E-state index in [4.69, 9.17) is 13.7 Å². The summed E-state index contributed by atoms with van der Waals surface area (Å²) in [7, 11) is -3.33. The van der Waals surface area contributed by atoms with Gasteiger partial charge in [-0.2, -0.15) is 8.42 Å². The van der Waals surface area contributed by atoms with Crippen LogP contribution in [0, 0.1) is 23.2 Å². The quantitative estimate of drug-likeness (QED) is 0.0765. The second-order valence-corrected chi connectivity index (χ2v) is 16.2. The highest BCUT2D eigenvalue weighted by molar-refractivity contribution is 7.85. The standard InChI is InChI=1S/C39H54O7S/c1-28(40)45-36-22-21-35-37-30(18-12-9-7-5-4-6-8-10-15-25-44-47(3,42)43)26-31-27-32(46-38(41)29-16-13-11-14-17-29)19-20-33(31)34(37)23-24-39(35,36)2/h11,13-14,16-17,19-20,27,30,34-37H,4-10,12,15,18,21-26H2,1-3H3/t30-,34-,35+,36+,37-,39+/m1/s1. The largest absolute Gasteiger partial charge is 0.462 e. The van der Waals surface area contributed by atoms with Crippen molar-refractivity contribution in [1.82, 2.24) is 0 Å². The molecule has 0 bridgehead atoms. The third-order valence-electron chi connectivity index (χ3n) is 11.3. The van der Waals surface area contributed by atoms with Gasteiger partial charge in [0.15, 0.2) is 0 Å². The van der Waals surface area contributed by atoms with E-state index in [0.29, 0.717) is 35.0 Å². The molecule has 0 heterocycles. The molecule has 7 nitrogen and oxygen atoms in total. The van der Waals surface area contributed by atoms with Crippen molar-refractivity contribution in [3.05, 3.63) is 65.2 Å². The van der Waals surface area contributed by atoms with Crippen LogP contribution in [0.3, 0.4) is 0 Å². The van der Waals surface area contributed by atoms with E-state index in [-0.39, 0.29) is 30.1 Å². The fraction of sp³-hybridized carbons (Fsp3) is 0.641. The van der Waals surface area contributed by atoms with Crippen molar-refractivity contribution >= 4 is 22.1 Å². The Balaban J connectivity index is 1.19. The first-order chi connectivity index (χ1) is 22.5. The molecule has 0 radical (unpaired) electrons. The molecular formula is C39H54O7S. The summed E-state index contributed by atoms with van der Waals surface area (Å²) in [5.41, 5.74) is 3.34. The molecule has 3 aliphatic carbocycles. The van der Waals surface area contributed by atoms with E-state index in [0.717, 1.165) is 57.6 Å². The zero-order valence-corrected chi connectivity index (χ0v) is 29.4. The predicted molar refractivity (Wildman–Crippen MR) is 184 cm³/mol. The number of ether oxygens (including phenoxy) is 2. The van der Waals surface area contributed by atoms with Crippen molar-refractivity contribution in [2.75, 3.05) is 12.9 Å². The highest BCUT2D eigenvalue weighted by Crippen LogP contribution is 2.63. The minimum atomic E-state index is -3.33. The summed E-state index contributed by atoms with van der Waals surface area (Å²) in [6, 6.07) is 15.5. The van der Waals surface area contributed by atoms with Gasteiger partial charge in [-0.1, -0.05) is 82.6 Å². The average molecular weight is 667 g/mol. The Morgan fingerprint density at radius 3 is 2.23 bits per heavy atom. The van der Waals surface area contributed by atoms with Crippen molar-refractivity contribution in [1.29, 1.82) is 0 Å². The van der Waals surface area contributed by atoms with E-state index in [2.05, 4.69) is 19.1 Å². The van der Waals surface area contributed by atoms with Crippen LogP contribution in [0.15, 0.2) is 48.5 Å². The van der Waals surface area contributed by atoms with Crippen LogP contribution in [0.2, 0.25) is 0 Å². The van der Waals surface area contributed by atoms with Gasteiger partial charge in [-0.3, -0.25) is 8.98 Å². The first kappa shape index (κ1) is 35.6. The number of hydrogen-bond donors (Lipinski definition) is 0. The maximum atomic E-state index is 12.8. The van der Waals surface area contributed by atoms with Crippen LogP contribution in [-0.2, 0) is 30.3 Å². The van der Waals surface area contributed by atoms with Crippen LogP contribution in [-0.4, -0.2) is 39.3 Å². The number of esters is 2. The van der Waals surface area contributed by atoms with Gasteiger partial charge in [0.2, 0.25) is 0 Å². The number of carbonyl (C=O) groups is 2. The van der Waals surface area contributed by atoms with Crippen molar-refractivity contribution < 1.29 is 31.7 Å². The Morgan fingerprint density at radius 1 is 0.872 bits per heavy atom. The van der Waals surface area contributed by atoms with E-state index < -0.39 is 10.1 Å². The lowest BCUT2D eigenvalue weighted by atomic mass is 9.52.